The maximum atomic E-state index is 12.7. The quantitative estimate of drug-likeness (QED) is 0.657. The highest BCUT2D eigenvalue weighted by Gasteiger charge is 2.34. The zero-order chi connectivity index (χ0) is 18.3. The molecule has 0 saturated heterocycles. The second-order valence-electron chi connectivity index (χ2n) is 4.78. The van der Waals surface area contributed by atoms with Gasteiger partial charge >= 0.3 is 12.3 Å². The SMILES string of the molecule is O=C(NCC#Cc1cnc(Cl)c(C(F)(F)F)c1)OCc1ccccc1. The molecule has 1 amide bonds. The molecule has 0 aliphatic heterocycles. The van der Waals surface area contributed by atoms with Crippen molar-refractivity contribution in [1.29, 1.82) is 0 Å². The van der Waals surface area contributed by atoms with Gasteiger partial charge in [0.25, 0.3) is 0 Å². The summed E-state index contributed by atoms with van der Waals surface area (Å²) in [5.74, 6) is 4.99. The van der Waals surface area contributed by atoms with Gasteiger partial charge in [0.1, 0.15) is 11.8 Å². The van der Waals surface area contributed by atoms with Gasteiger partial charge in [-0.25, -0.2) is 9.78 Å². The van der Waals surface area contributed by atoms with Crippen LogP contribution in [0.25, 0.3) is 0 Å². The van der Waals surface area contributed by atoms with E-state index >= 15 is 0 Å². The third-order valence-corrected chi connectivity index (χ3v) is 3.21. The normalized spacial score (nSPS) is 10.6. The van der Waals surface area contributed by atoms with Crippen LogP contribution in [0.4, 0.5) is 18.0 Å². The highest BCUT2D eigenvalue weighted by molar-refractivity contribution is 6.30. The Hall–Kier alpha value is -2.72. The molecular weight excluding hydrogens is 357 g/mol. The van der Waals surface area contributed by atoms with E-state index in [1.54, 1.807) is 12.1 Å². The molecule has 0 bridgehead atoms. The second kappa shape index (κ2) is 8.40. The van der Waals surface area contributed by atoms with Crippen LogP contribution in [-0.4, -0.2) is 17.6 Å². The second-order valence-corrected chi connectivity index (χ2v) is 5.14. The Morgan fingerprint density at radius 3 is 2.68 bits per heavy atom. The van der Waals surface area contributed by atoms with Crippen LogP contribution < -0.4 is 5.32 Å². The lowest BCUT2D eigenvalue weighted by Crippen LogP contribution is -2.24. The lowest BCUT2D eigenvalue weighted by atomic mass is 10.2. The van der Waals surface area contributed by atoms with Crippen molar-refractivity contribution in [2.24, 2.45) is 0 Å². The van der Waals surface area contributed by atoms with Crippen molar-refractivity contribution in [3.8, 4) is 11.8 Å². The smallest absolute Gasteiger partial charge is 0.419 e. The van der Waals surface area contributed by atoms with Crippen molar-refractivity contribution in [3.63, 3.8) is 0 Å². The lowest BCUT2D eigenvalue weighted by molar-refractivity contribution is -0.137. The monoisotopic (exact) mass is 368 g/mol. The lowest BCUT2D eigenvalue weighted by Gasteiger charge is -2.07. The summed E-state index contributed by atoms with van der Waals surface area (Å²) in [6.07, 6.45) is -4.16. The summed E-state index contributed by atoms with van der Waals surface area (Å²) in [5, 5.41) is 1.74. The van der Waals surface area contributed by atoms with Gasteiger partial charge in [0.15, 0.2) is 0 Å². The molecule has 2 aromatic rings. The summed E-state index contributed by atoms with van der Waals surface area (Å²) in [4.78, 5) is 14.9. The molecule has 0 atom stereocenters. The van der Waals surface area contributed by atoms with Crippen LogP contribution in [0, 0.1) is 11.8 Å². The highest BCUT2D eigenvalue weighted by atomic mass is 35.5. The van der Waals surface area contributed by atoms with E-state index in [4.69, 9.17) is 16.3 Å². The number of alkyl carbamates (subject to hydrolysis) is 1. The van der Waals surface area contributed by atoms with Gasteiger partial charge in [-0.1, -0.05) is 53.8 Å². The zero-order valence-electron chi connectivity index (χ0n) is 12.7. The summed E-state index contributed by atoms with van der Waals surface area (Å²) in [6.45, 7) is 0.0216. The van der Waals surface area contributed by atoms with E-state index in [-0.39, 0.29) is 18.7 Å². The molecule has 0 aliphatic carbocycles. The number of carbonyl (C=O) groups is 1. The highest BCUT2D eigenvalue weighted by Crippen LogP contribution is 2.33. The predicted octanol–water partition coefficient (Wildman–Crippen LogP) is 4.03. The summed E-state index contributed by atoms with van der Waals surface area (Å²) in [6, 6.07) is 9.89. The molecule has 25 heavy (non-hydrogen) atoms. The number of nitrogens with zero attached hydrogens (tertiary/aromatic N) is 1. The van der Waals surface area contributed by atoms with Crippen LogP contribution in [0.3, 0.4) is 0 Å². The van der Waals surface area contributed by atoms with Crippen molar-refractivity contribution in [2.45, 2.75) is 12.8 Å². The molecule has 0 spiro atoms. The number of hydrogen-bond donors (Lipinski definition) is 1. The Bertz CT molecular complexity index is 799. The number of nitrogens with one attached hydrogen (secondary N) is 1. The van der Waals surface area contributed by atoms with E-state index in [1.807, 2.05) is 18.2 Å². The molecule has 0 saturated carbocycles. The van der Waals surface area contributed by atoms with Gasteiger partial charge in [-0.05, 0) is 11.6 Å². The van der Waals surface area contributed by atoms with Crippen molar-refractivity contribution < 1.29 is 22.7 Å². The fraction of sp³-hybridized carbons (Fsp3) is 0.176. The predicted molar refractivity (Wildman–Crippen MR) is 85.8 cm³/mol. The standard InChI is InChI=1S/C17H12ClF3N2O2/c18-15-14(17(19,20)21)9-13(10-23-15)7-4-8-22-16(24)25-11-12-5-2-1-3-6-12/h1-3,5-6,9-10H,8,11H2,(H,22,24). The molecule has 130 valence electrons. The Labute approximate surface area is 147 Å². The van der Waals surface area contributed by atoms with Gasteiger partial charge in [-0.2, -0.15) is 13.2 Å². The Balaban J connectivity index is 1.85. The molecule has 1 aromatic heterocycles. The number of halogens is 4. The van der Waals surface area contributed by atoms with Gasteiger partial charge < -0.3 is 10.1 Å². The molecule has 1 heterocycles. The van der Waals surface area contributed by atoms with Crippen LogP contribution in [-0.2, 0) is 17.5 Å². The number of aromatic nitrogens is 1. The Morgan fingerprint density at radius 1 is 1.28 bits per heavy atom. The van der Waals surface area contributed by atoms with Crippen molar-refractivity contribution in [2.75, 3.05) is 6.54 Å². The number of amides is 1. The van der Waals surface area contributed by atoms with Crippen LogP contribution in [0.5, 0.6) is 0 Å². The molecule has 1 aromatic carbocycles. The molecule has 0 aliphatic rings. The topological polar surface area (TPSA) is 51.2 Å². The van der Waals surface area contributed by atoms with Crippen molar-refractivity contribution in [1.82, 2.24) is 10.3 Å². The fourth-order valence-electron chi connectivity index (χ4n) is 1.75. The van der Waals surface area contributed by atoms with Crippen LogP contribution in [0.2, 0.25) is 5.15 Å². The summed E-state index contributed by atoms with van der Waals surface area (Å²) < 4.78 is 43.1. The largest absolute Gasteiger partial charge is 0.445 e. The summed E-state index contributed by atoms with van der Waals surface area (Å²) in [7, 11) is 0. The molecule has 8 heteroatoms. The molecule has 1 N–H and O–H groups in total. The van der Waals surface area contributed by atoms with Crippen molar-refractivity contribution >= 4 is 17.7 Å². The zero-order valence-corrected chi connectivity index (χ0v) is 13.5. The van der Waals surface area contributed by atoms with E-state index in [2.05, 4.69) is 22.1 Å². The minimum atomic E-state index is -4.61. The van der Waals surface area contributed by atoms with Crippen LogP contribution >= 0.6 is 11.6 Å². The Morgan fingerprint density at radius 2 is 2.00 bits per heavy atom. The molecule has 4 nitrogen and oxygen atoms in total. The van der Waals surface area contributed by atoms with Gasteiger partial charge in [0.2, 0.25) is 0 Å². The number of carbonyl (C=O) groups excluding carboxylic acids is 1. The first-order valence-electron chi connectivity index (χ1n) is 7.02. The van der Waals surface area contributed by atoms with E-state index < -0.39 is 23.0 Å². The number of rotatable bonds is 3. The van der Waals surface area contributed by atoms with Gasteiger partial charge in [0, 0.05) is 11.8 Å². The minimum absolute atomic E-state index is 0.0381. The van der Waals surface area contributed by atoms with Crippen LogP contribution in [0.15, 0.2) is 42.6 Å². The van der Waals surface area contributed by atoms with Gasteiger partial charge in [-0.15, -0.1) is 0 Å². The first-order chi connectivity index (χ1) is 11.9. The maximum Gasteiger partial charge on any atom is 0.419 e. The maximum absolute atomic E-state index is 12.7. The van der Waals surface area contributed by atoms with Crippen molar-refractivity contribution in [3.05, 3.63) is 64.4 Å². The molecule has 0 unspecified atom stereocenters. The van der Waals surface area contributed by atoms with E-state index in [0.29, 0.717) is 0 Å². The Kier molecular flexibility index (Phi) is 6.25. The molecule has 0 fully saturated rings. The fourth-order valence-corrected chi connectivity index (χ4v) is 1.96. The number of pyridine rings is 1. The first kappa shape index (κ1) is 18.6. The summed E-state index contributed by atoms with van der Waals surface area (Å²) in [5.41, 5.74) is -0.192. The molecule has 0 radical (unpaired) electrons. The average Bonchev–Trinajstić information content (AvgIpc) is 2.58. The summed E-state index contributed by atoms with van der Waals surface area (Å²) >= 11 is 5.42. The number of alkyl halides is 3. The minimum Gasteiger partial charge on any atom is -0.445 e. The van der Waals surface area contributed by atoms with E-state index in [1.165, 1.54) is 0 Å². The van der Waals surface area contributed by atoms with E-state index in [0.717, 1.165) is 17.8 Å². The third-order valence-electron chi connectivity index (χ3n) is 2.91. The first-order valence-corrected chi connectivity index (χ1v) is 7.40. The number of ether oxygens (including phenoxy) is 1. The number of hydrogen-bond acceptors (Lipinski definition) is 3. The molecule has 2 rings (SSSR count). The number of benzene rings is 1. The molecular formula is C17H12ClF3N2O2. The third kappa shape index (κ3) is 6.01. The average molecular weight is 369 g/mol. The van der Waals surface area contributed by atoms with Gasteiger partial charge in [-0.3, -0.25) is 0 Å². The van der Waals surface area contributed by atoms with Gasteiger partial charge in [0.05, 0.1) is 12.1 Å². The van der Waals surface area contributed by atoms with E-state index in [9.17, 15) is 18.0 Å². The van der Waals surface area contributed by atoms with Crippen LogP contribution in [0.1, 0.15) is 16.7 Å².